The first-order valence-electron chi connectivity index (χ1n) is 33.7. The molecule has 9 saturated heterocycles. The summed E-state index contributed by atoms with van der Waals surface area (Å²) in [5, 5.41) is 319. The molecule has 0 aliphatic carbocycles. The molecule has 107 heavy (non-hydrogen) atoms. The summed E-state index contributed by atoms with van der Waals surface area (Å²) >= 11 is 0. The van der Waals surface area contributed by atoms with Crippen molar-refractivity contribution in [3.63, 3.8) is 0 Å². The smallest absolute Gasteiger partial charge is 0.364 e. The molecule has 0 spiro atoms. The third-order valence-corrected chi connectivity index (χ3v) is 19.7. The van der Waals surface area contributed by atoms with Gasteiger partial charge in [-0.2, -0.15) is 0 Å². The van der Waals surface area contributed by atoms with Crippen LogP contribution in [0.5, 0.6) is 0 Å². The Labute approximate surface area is 602 Å². The maximum Gasteiger partial charge on any atom is 0.364 e. The van der Waals surface area contributed by atoms with Crippen molar-refractivity contribution in [3.8, 4) is 0 Å². The summed E-state index contributed by atoms with van der Waals surface area (Å²) in [6.07, 6.45) is -95.6. The molecular weight excluding hydrogens is 1480 g/mol. The molecule has 30 N–H and O–H groups in total. The summed E-state index contributed by atoms with van der Waals surface area (Å²) in [6.45, 7) is -9.55. The summed E-state index contributed by atoms with van der Waals surface area (Å²) in [6, 6.07) is -1.85. The van der Waals surface area contributed by atoms with Gasteiger partial charge in [0.15, 0.2) is 50.3 Å². The molecule has 0 radical (unpaired) electrons. The molecule has 0 bridgehead atoms. The fourth-order valence-electron chi connectivity index (χ4n) is 13.7. The van der Waals surface area contributed by atoms with Crippen molar-refractivity contribution in [3.05, 3.63) is 0 Å². The predicted octanol–water partition coefficient (Wildman–Crippen LogP) is -20.6. The third kappa shape index (κ3) is 18.6. The number of nitrogens with one attached hydrogen (secondary N) is 1. The van der Waals surface area contributed by atoms with E-state index < -0.39 is 354 Å². The molecule has 49 heteroatoms. The van der Waals surface area contributed by atoms with Crippen LogP contribution in [0, 0.1) is 0 Å². The molecular formula is C58H97NO48. The minimum absolute atomic E-state index is 0.912. The van der Waals surface area contributed by atoms with Crippen LogP contribution in [-0.4, -0.2) is 495 Å². The van der Waals surface area contributed by atoms with Crippen LogP contribution in [0.1, 0.15) is 13.3 Å². The Morgan fingerprint density at radius 1 is 0.364 bits per heavy atom. The first-order chi connectivity index (χ1) is 50.6. The Morgan fingerprint density at radius 2 is 0.682 bits per heavy atom. The van der Waals surface area contributed by atoms with Crippen LogP contribution < -0.4 is 5.32 Å². The van der Waals surface area contributed by atoms with Gasteiger partial charge in [0.25, 0.3) is 5.79 Å². The van der Waals surface area contributed by atoms with Crippen LogP contribution in [0.15, 0.2) is 0 Å². The first-order valence-corrected chi connectivity index (χ1v) is 33.7. The maximum absolute atomic E-state index is 12.7. The van der Waals surface area contributed by atoms with E-state index in [1.165, 1.54) is 0 Å². The molecule has 1 amide bonds. The standard InChI is InChI=1S/C58H97NO48/c1-12(68)59-23-29(76)24(71)15(4-61)92-49(23)105-48-33(80)28(75)19(8-65)96-56(48)103-45-22(99-54(40(87)46(45)104-51-37(84)31(78)26(73)17(6-63)94-51)100-41-13(69)2-58(90,57(88)89)107-42(41)14(70)3-60)11-91-55-47(32(79)27(74)18(7-64)95-55)106-53-39(86)35(82)44(21(10-67)98-53)102-52-38(85)34(81)43(20(9-66)97-52)101-50-36(83)30(77)25(72)16(5-62)93-50/h13-56,60-67,69-87,90H,2-11H2,1H3,(H,59,68)(H,88,89)/t13-,14-,15-,16-,17-,18-,19-,20-,21-,22-,23-,24-,25+,26-,27-,28-,29-,30+,31+,32+,33+,34-,35-,36-,37-,38-,39-,40-,41-,42-,43+,44-,45-,46-,47-,48-,49-,50-,51+,52+,53-,54-,55-,56+,58-/m1/s1. The van der Waals surface area contributed by atoms with Crippen molar-refractivity contribution in [2.75, 3.05) is 59.5 Å². The number of aliphatic hydroxyl groups excluding tert-OH is 27. The fourth-order valence-corrected chi connectivity index (χ4v) is 13.7. The lowest BCUT2D eigenvalue weighted by Crippen LogP contribution is -2.70. The molecule has 45 atom stereocenters. The van der Waals surface area contributed by atoms with E-state index in [1.54, 1.807) is 0 Å². The average molecular weight is 1580 g/mol. The first kappa shape index (κ1) is 88.1. The molecule has 9 fully saturated rings. The molecule has 622 valence electrons. The van der Waals surface area contributed by atoms with E-state index >= 15 is 0 Å². The normalized spacial score (nSPS) is 51.1. The topological polar surface area (TPSA) is 790 Å². The van der Waals surface area contributed by atoms with Crippen molar-refractivity contribution in [1.82, 2.24) is 5.32 Å². The monoisotopic (exact) mass is 1580 g/mol. The molecule has 0 unspecified atom stereocenters. The van der Waals surface area contributed by atoms with Crippen molar-refractivity contribution in [2.24, 2.45) is 0 Å². The lowest BCUT2D eigenvalue weighted by atomic mass is 9.92. The highest BCUT2D eigenvalue weighted by Gasteiger charge is 2.62. The Balaban J connectivity index is 1.06. The summed E-state index contributed by atoms with van der Waals surface area (Å²) in [5.74, 6) is -6.40. The number of rotatable bonds is 28. The molecule has 9 aliphatic heterocycles. The number of carboxylic acid groups (broad SMARTS) is 1. The number of carbonyl (C=O) groups is 2. The number of carboxylic acids is 1. The average Bonchev–Trinajstić information content (AvgIpc) is 0.764. The van der Waals surface area contributed by atoms with Crippen molar-refractivity contribution < 1.29 is 238 Å². The van der Waals surface area contributed by atoms with Gasteiger partial charge in [-0.3, -0.25) is 4.79 Å². The zero-order chi connectivity index (χ0) is 78.9. The van der Waals surface area contributed by atoms with Crippen LogP contribution >= 0.6 is 0 Å². The second kappa shape index (κ2) is 37.6. The second-order valence-corrected chi connectivity index (χ2v) is 26.9. The Bertz CT molecular complexity index is 2760. The Kier molecular flexibility index (Phi) is 31.0. The van der Waals surface area contributed by atoms with E-state index in [0.29, 0.717) is 0 Å². The van der Waals surface area contributed by atoms with E-state index in [2.05, 4.69) is 5.32 Å². The highest BCUT2D eigenvalue weighted by molar-refractivity contribution is 5.75. The van der Waals surface area contributed by atoms with Crippen LogP contribution in [0.2, 0.25) is 0 Å². The van der Waals surface area contributed by atoms with Crippen molar-refractivity contribution >= 4 is 11.9 Å². The van der Waals surface area contributed by atoms with Crippen LogP contribution in [0.25, 0.3) is 0 Å². The molecule has 0 aromatic heterocycles. The van der Waals surface area contributed by atoms with Gasteiger partial charge in [0, 0.05) is 13.3 Å². The van der Waals surface area contributed by atoms with E-state index in [-0.39, 0.29) is 0 Å². The largest absolute Gasteiger partial charge is 0.477 e. The summed E-state index contributed by atoms with van der Waals surface area (Å²) in [7, 11) is 0. The SMILES string of the molecule is CC(=O)N[C@H]1[C@@H](O[C@H]2[C@H](O[C@H]3[C@H](O[C@@H]4O[C@H](CO)[C@@H](O)[C@H](O)[C@H]4O)[C@@H](O)[C@@H](O[C@H]4[C@@H]([C@H](O)CO)O[C@@](O)(C(=O)O)C[C@H]4O)O[C@@H]3CO[C@@H]3O[C@H](CO)[C@@H](O)[C@H](O)[C@H]3O[C@H]3O[C@H](CO)[C@@H](O[C@@H]4O[C@H](CO)[C@H](O[C@H]5O[C@H](CO)[C@H](O)[C@H](O)[C@H]5O)[C@H](O)[C@H]4O)[C@H](O)[C@H]3O)O[C@H](CO)[C@@H](O)[C@@H]2O)O[C@H](CO)[C@@H](O)[C@@H]1O. The van der Waals surface area contributed by atoms with Gasteiger partial charge in [0.05, 0.1) is 65.6 Å². The van der Waals surface area contributed by atoms with E-state index in [9.17, 15) is 158 Å². The second-order valence-electron chi connectivity index (χ2n) is 26.9. The van der Waals surface area contributed by atoms with Crippen molar-refractivity contribution in [2.45, 2.75) is 289 Å². The van der Waals surface area contributed by atoms with Gasteiger partial charge in [-0.25, -0.2) is 4.79 Å². The van der Waals surface area contributed by atoms with Gasteiger partial charge in [-0.05, 0) is 0 Å². The van der Waals surface area contributed by atoms with E-state index in [4.69, 9.17) is 80.5 Å². The number of hydrogen-bond donors (Lipinski definition) is 30. The number of carbonyl (C=O) groups excluding carboxylic acids is 1. The van der Waals surface area contributed by atoms with Gasteiger partial charge in [-0.15, -0.1) is 0 Å². The van der Waals surface area contributed by atoms with Gasteiger partial charge in [0.2, 0.25) is 5.91 Å². The summed E-state index contributed by atoms with van der Waals surface area (Å²) in [5.41, 5.74) is 0. The molecule has 9 heterocycles. The predicted molar refractivity (Wildman–Crippen MR) is 320 cm³/mol. The quantitative estimate of drug-likeness (QED) is 0.0346. The molecule has 9 rings (SSSR count). The number of hydrogen-bond acceptors (Lipinski definition) is 47. The molecule has 0 saturated carbocycles. The Morgan fingerprint density at radius 3 is 1.11 bits per heavy atom. The van der Waals surface area contributed by atoms with Gasteiger partial charge in [-0.1, -0.05) is 0 Å². The lowest BCUT2D eigenvalue weighted by molar-refractivity contribution is -0.412. The maximum atomic E-state index is 12.7. The molecule has 9 aliphatic rings. The van der Waals surface area contributed by atoms with Crippen LogP contribution in [-0.2, 0) is 90.1 Å². The molecule has 0 aromatic rings. The number of aliphatic hydroxyl groups is 28. The van der Waals surface area contributed by atoms with E-state index in [1.807, 2.05) is 0 Å². The number of ether oxygens (including phenoxy) is 17. The van der Waals surface area contributed by atoms with E-state index in [0.717, 1.165) is 6.92 Å². The lowest BCUT2D eigenvalue weighted by Gasteiger charge is -2.52. The van der Waals surface area contributed by atoms with Crippen LogP contribution in [0.4, 0.5) is 0 Å². The minimum Gasteiger partial charge on any atom is -0.477 e. The Hall–Kier alpha value is -2.86. The van der Waals surface area contributed by atoms with Gasteiger partial charge < -0.3 is 234 Å². The summed E-state index contributed by atoms with van der Waals surface area (Å²) < 4.78 is 99.4. The molecule has 0 aromatic carbocycles. The fraction of sp³-hybridized carbons (Fsp3) is 0.966. The third-order valence-electron chi connectivity index (χ3n) is 19.7. The highest BCUT2D eigenvalue weighted by Crippen LogP contribution is 2.41. The van der Waals surface area contributed by atoms with Crippen molar-refractivity contribution in [1.29, 1.82) is 0 Å². The zero-order valence-corrected chi connectivity index (χ0v) is 56.2. The molecule has 49 nitrogen and oxygen atoms in total. The summed E-state index contributed by atoms with van der Waals surface area (Å²) in [4.78, 5) is 24.8. The highest BCUT2D eigenvalue weighted by atomic mass is 16.8. The van der Waals surface area contributed by atoms with Gasteiger partial charge in [0.1, 0.15) is 214 Å². The number of amides is 1. The zero-order valence-electron chi connectivity index (χ0n) is 56.2. The minimum atomic E-state index is -3.34. The van der Waals surface area contributed by atoms with Gasteiger partial charge >= 0.3 is 5.97 Å². The number of aliphatic carboxylic acids is 1. The van der Waals surface area contributed by atoms with Crippen LogP contribution in [0.3, 0.4) is 0 Å².